The molecule has 2 aliphatic rings. The second-order valence-electron chi connectivity index (χ2n) is 16.7. The van der Waals surface area contributed by atoms with Crippen LogP contribution in [0, 0.1) is 6.92 Å². The highest BCUT2D eigenvalue weighted by atomic mass is 32.1. The second-order valence-corrected chi connectivity index (χ2v) is 17.7. The summed E-state index contributed by atoms with van der Waals surface area (Å²) in [6.07, 6.45) is 0. The van der Waals surface area contributed by atoms with E-state index < -0.39 is 5.41 Å². The first-order chi connectivity index (χ1) is 31.1. The minimum Gasteiger partial charge on any atom is -0.208 e. The van der Waals surface area contributed by atoms with Gasteiger partial charge in [-0.25, -0.2) is 15.0 Å². The Morgan fingerprint density at radius 2 is 0.857 bits per heavy atom. The molecule has 294 valence electrons. The molecule has 4 heteroatoms. The van der Waals surface area contributed by atoms with Gasteiger partial charge in [0.2, 0.25) is 0 Å². The number of thiophene rings is 1. The van der Waals surface area contributed by atoms with Crippen LogP contribution in [-0.2, 0) is 5.41 Å². The molecule has 3 nitrogen and oxygen atoms in total. The second kappa shape index (κ2) is 13.9. The zero-order valence-electron chi connectivity index (χ0n) is 34.4. The van der Waals surface area contributed by atoms with E-state index in [0.717, 1.165) is 27.8 Å². The van der Waals surface area contributed by atoms with Crippen molar-refractivity contribution >= 4 is 31.5 Å². The van der Waals surface area contributed by atoms with Crippen molar-refractivity contribution in [3.05, 3.63) is 234 Å². The van der Waals surface area contributed by atoms with Crippen molar-refractivity contribution in [2.75, 3.05) is 0 Å². The first-order valence-corrected chi connectivity index (χ1v) is 22.3. The highest BCUT2D eigenvalue weighted by Crippen LogP contribution is 2.64. The molecule has 1 atom stereocenters. The van der Waals surface area contributed by atoms with Crippen LogP contribution in [0.15, 0.2) is 206 Å². The molecule has 11 aromatic rings. The molecule has 9 aromatic carbocycles. The summed E-state index contributed by atoms with van der Waals surface area (Å²) in [5.41, 5.74) is 18.6. The van der Waals surface area contributed by atoms with Gasteiger partial charge in [0.1, 0.15) is 0 Å². The third-order valence-corrected chi connectivity index (χ3v) is 14.5. The standard InChI is InChI=1S/C59H37N3S/c1-36-14-11-21-45-43-17-5-8-24-49(43)59(54(36)45)50-25-9-6-19-47(50)53-48(23-13-26-51(53)59)58-61-56(40-32-28-38(29-33-40)37-15-3-2-4-16-37)60-57(62-58)41-34-30-39(31-35-41)42-20-12-22-46-44-18-7-10-27-52(44)63-55(42)46/h2-35H,1H3. The molecular weight excluding hydrogens is 783 g/mol. The first kappa shape index (κ1) is 35.9. The lowest BCUT2D eigenvalue weighted by Crippen LogP contribution is -2.26. The molecule has 0 saturated carbocycles. The number of aromatic nitrogens is 3. The van der Waals surface area contributed by atoms with Crippen molar-refractivity contribution in [3.63, 3.8) is 0 Å². The van der Waals surface area contributed by atoms with Gasteiger partial charge in [0.15, 0.2) is 17.5 Å². The monoisotopic (exact) mass is 819 g/mol. The third kappa shape index (κ3) is 5.29. The highest BCUT2D eigenvalue weighted by Gasteiger charge is 2.52. The predicted molar refractivity (Wildman–Crippen MR) is 261 cm³/mol. The summed E-state index contributed by atoms with van der Waals surface area (Å²) in [6, 6.07) is 74.6. The maximum absolute atomic E-state index is 5.40. The lowest BCUT2D eigenvalue weighted by atomic mass is 9.69. The molecule has 2 aliphatic carbocycles. The average Bonchev–Trinajstić information content (AvgIpc) is 3.99. The summed E-state index contributed by atoms with van der Waals surface area (Å²) in [5.74, 6) is 1.93. The Morgan fingerprint density at radius 3 is 1.63 bits per heavy atom. The van der Waals surface area contributed by atoms with Crippen LogP contribution in [0.5, 0.6) is 0 Å². The molecule has 0 bridgehead atoms. The molecule has 2 aromatic heterocycles. The summed E-state index contributed by atoms with van der Waals surface area (Å²) in [7, 11) is 0. The van der Waals surface area contributed by atoms with E-state index >= 15 is 0 Å². The fourth-order valence-corrected chi connectivity index (χ4v) is 11.9. The van der Waals surface area contributed by atoms with Crippen LogP contribution in [0.1, 0.15) is 27.8 Å². The van der Waals surface area contributed by atoms with Crippen LogP contribution in [0.4, 0.5) is 0 Å². The SMILES string of the molecule is Cc1cccc2c1C1(c3ccccc3-2)c2ccccc2-c2c(-c3nc(-c4ccc(-c5ccccc5)cc4)nc(-c4ccc(-c5cccc6c5sc5ccccc56)cc4)n3)cccc21. The Balaban J connectivity index is 1.01. The fraction of sp³-hybridized carbons (Fsp3) is 0.0339. The van der Waals surface area contributed by atoms with E-state index in [-0.39, 0.29) is 0 Å². The van der Waals surface area contributed by atoms with Crippen molar-refractivity contribution < 1.29 is 0 Å². The van der Waals surface area contributed by atoms with Gasteiger partial charge in [-0.05, 0) is 85.3 Å². The van der Waals surface area contributed by atoms with Crippen LogP contribution in [0.25, 0.3) is 98.8 Å². The number of hydrogen-bond acceptors (Lipinski definition) is 4. The van der Waals surface area contributed by atoms with Crippen molar-refractivity contribution in [2.45, 2.75) is 12.3 Å². The van der Waals surface area contributed by atoms with E-state index in [9.17, 15) is 0 Å². The normalized spacial score (nSPS) is 14.5. The van der Waals surface area contributed by atoms with E-state index in [4.69, 9.17) is 15.0 Å². The topological polar surface area (TPSA) is 38.7 Å². The predicted octanol–water partition coefficient (Wildman–Crippen LogP) is 15.2. The Morgan fingerprint density at radius 1 is 0.349 bits per heavy atom. The van der Waals surface area contributed by atoms with Gasteiger partial charge in [-0.3, -0.25) is 0 Å². The van der Waals surface area contributed by atoms with Crippen molar-refractivity contribution in [1.29, 1.82) is 0 Å². The Bertz CT molecular complexity index is 3620. The summed E-state index contributed by atoms with van der Waals surface area (Å²) >= 11 is 1.85. The first-order valence-electron chi connectivity index (χ1n) is 21.5. The van der Waals surface area contributed by atoms with Crippen molar-refractivity contribution in [1.82, 2.24) is 15.0 Å². The van der Waals surface area contributed by atoms with Crippen LogP contribution in [0.3, 0.4) is 0 Å². The number of hydrogen-bond donors (Lipinski definition) is 0. The van der Waals surface area contributed by atoms with Gasteiger partial charge in [0, 0.05) is 36.9 Å². The minimum absolute atomic E-state index is 0.474. The Kier molecular flexibility index (Phi) is 7.91. The molecule has 2 heterocycles. The van der Waals surface area contributed by atoms with E-state index in [2.05, 4.69) is 213 Å². The summed E-state index contributed by atoms with van der Waals surface area (Å²) in [4.78, 5) is 16.0. The van der Waals surface area contributed by atoms with Crippen molar-refractivity contribution in [3.8, 4) is 78.7 Å². The van der Waals surface area contributed by atoms with E-state index in [1.165, 1.54) is 81.4 Å². The molecule has 0 N–H and O–H groups in total. The minimum atomic E-state index is -0.474. The van der Waals surface area contributed by atoms with Crippen LogP contribution in [0.2, 0.25) is 0 Å². The zero-order valence-corrected chi connectivity index (χ0v) is 35.2. The van der Waals surface area contributed by atoms with Gasteiger partial charge in [0.25, 0.3) is 0 Å². The number of fused-ring (bicyclic) bond motifs is 13. The summed E-state index contributed by atoms with van der Waals surface area (Å²) in [6.45, 7) is 2.26. The fourth-order valence-electron chi connectivity index (χ4n) is 10.6. The van der Waals surface area contributed by atoms with Gasteiger partial charge in [0.05, 0.1) is 5.41 Å². The highest BCUT2D eigenvalue weighted by molar-refractivity contribution is 7.26. The maximum Gasteiger partial charge on any atom is 0.164 e. The summed E-state index contributed by atoms with van der Waals surface area (Å²) < 4.78 is 2.60. The third-order valence-electron chi connectivity index (χ3n) is 13.3. The molecule has 13 rings (SSSR count). The van der Waals surface area contributed by atoms with Crippen molar-refractivity contribution in [2.24, 2.45) is 0 Å². The molecule has 0 amide bonds. The molecule has 63 heavy (non-hydrogen) atoms. The van der Waals surface area contributed by atoms with Crippen LogP contribution < -0.4 is 0 Å². The van der Waals surface area contributed by atoms with Gasteiger partial charge in [-0.15, -0.1) is 11.3 Å². The maximum atomic E-state index is 5.40. The lowest BCUT2D eigenvalue weighted by Gasteiger charge is -2.31. The number of benzene rings is 9. The molecule has 0 aliphatic heterocycles. The number of nitrogens with zero attached hydrogens (tertiary/aromatic N) is 3. The number of rotatable bonds is 5. The molecule has 0 fully saturated rings. The van der Waals surface area contributed by atoms with Crippen LogP contribution >= 0.6 is 11.3 Å². The van der Waals surface area contributed by atoms with E-state index in [0.29, 0.717) is 17.5 Å². The van der Waals surface area contributed by atoms with Gasteiger partial charge < -0.3 is 0 Å². The molecule has 0 radical (unpaired) electrons. The van der Waals surface area contributed by atoms with Gasteiger partial charge >= 0.3 is 0 Å². The average molecular weight is 820 g/mol. The quantitative estimate of drug-likeness (QED) is 0.174. The van der Waals surface area contributed by atoms with Gasteiger partial charge in [-0.1, -0.05) is 200 Å². The molecule has 0 saturated heterocycles. The Hall–Kier alpha value is -7.79. The lowest BCUT2D eigenvalue weighted by molar-refractivity contribution is 0.786. The number of aryl methyl sites for hydroxylation is 1. The smallest absolute Gasteiger partial charge is 0.164 e. The summed E-state index contributed by atoms with van der Waals surface area (Å²) in [5, 5.41) is 2.59. The van der Waals surface area contributed by atoms with E-state index in [1.54, 1.807) is 0 Å². The molecule has 1 spiro atoms. The van der Waals surface area contributed by atoms with Gasteiger partial charge in [-0.2, -0.15) is 0 Å². The van der Waals surface area contributed by atoms with Crippen LogP contribution in [-0.4, -0.2) is 15.0 Å². The zero-order chi connectivity index (χ0) is 41.6. The van der Waals surface area contributed by atoms with E-state index in [1.807, 2.05) is 11.3 Å². The Labute approximate surface area is 369 Å². The molecule has 1 unspecified atom stereocenters. The molecular formula is C59H37N3S. The largest absolute Gasteiger partial charge is 0.208 e.